The molecule has 0 spiro atoms. The monoisotopic (exact) mass is 443 g/mol. The number of ether oxygens (including phenoxy) is 1. The molecule has 0 saturated carbocycles. The summed E-state index contributed by atoms with van der Waals surface area (Å²) in [5.74, 6) is 5.11. The lowest BCUT2D eigenvalue weighted by atomic mass is 10.0. The molecule has 1 aliphatic rings. The predicted molar refractivity (Wildman–Crippen MR) is 120 cm³/mol. The zero-order chi connectivity index (χ0) is 22.5. The highest BCUT2D eigenvalue weighted by Gasteiger charge is 2.29. The van der Waals surface area contributed by atoms with E-state index in [4.69, 9.17) is 27.8 Å². The predicted octanol–water partition coefficient (Wildman–Crippen LogP) is 2.86. The quantitative estimate of drug-likeness (QED) is 0.666. The van der Waals surface area contributed by atoms with Crippen LogP contribution in [0.1, 0.15) is 49.5 Å². The molecular formula is C22H26ClN5O3. The maximum atomic E-state index is 12.2. The van der Waals surface area contributed by atoms with Gasteiger partial charge in [0, 0.05) is 18.7 Å². The summed E-state index contributed by atoms with van der Waals surface area (Å²) < 4.78 is 7.25. The molecule has 9 heteroatoms. The third-order valence-corrected chi connectivity index (χ3v) is 5.49. The van der Waals surface area contributed by atoms with Gasteiger partial charge in [-0.2, -0.15) is 5.10 Å². The number of aromatic nitrogens is 2. The molecule has 8 nitrogen and oxygen atoms in total. The lowest BCUT2D eigenvalue weighted by Crippen LogP contribution is -2.38. The average Bonchev–Trinajstić information content (AvgIpc) is 3.10. The van der Waals surface area contributed by atoms with Gasteiger partial charge in [0.25, 0.3) is 11.8 Å². The van der Waals surface area contributed by atoms with E-state index in [9.17, 15) is 9.59 Å². The minimum absolute atomic E-state index is 0.0619. The molecule has 4 N–H and O–H groups in total. The normalized spacial score (nSPS) is 14.1. The molecule has 2 heterocycles. The number of nitrogens with two attached hydrogens (primary N) is 2. The van der Waals surface area contributed by atoms with Crippen LogP contribution in [0.25, 0.3) is 11.3 Å². The molecule has 0 atom stereocenters. The van der Waals surface area contributed by atoms with Gasteiger partial charge in [0.2, 0.25) is 0 Å². The summed E-state index contributed by atoms with van der Waals surface area (Å²) in [4.78, 5) is 25.9. The highest BCUT2D eigenvalue weighted by Crippen LogP contribution is 2.35. The molecule has 1 aromatic carbocycles. The summed E-state index contributed by atoms with van der Waals surface area (Å²) in [6, 6.07) is 5.15. The Balaban J connectivity index is 1.89. The fraction of sp³-hybridized carbons (Fsp3) is 0.409. The van der Waals surface area contributed by atoms with E-state index in [0.29, 0.717) is 54.6 Å². The summed E-state index contributed by atoms with van der Waals surface area (Å²) in [7, 11) is 0. The first-order chi connectivity index (χ1) is 14.9. The van der Waals surface area contributed by atoms with Crippen molar-refractivity contribution in [2.24, 2.45) is 5.73 Å². The summed E-state index contributed by atoms with van der Waals surface area (Å²) in [5.41, 5.74) is 13.1. The molecule has 0 unspecified atom stereocenters. The van der Waals surface area contributed by atoms with Crippen LogP contribution in [-0.2, 0) is 4.79 Å². The Labute approximate surface area is 186 Å². The number of amides is 2. The zero-order valence-corrected chi connectivity index (χ0v) is 18.4. The molecule has 0 aliphatic carbocycles. The Bertz CT molecular complexity index is 1050. The van der Waals surface area contributed by atoms with Crippen LogP contribution in [0.2, 0.25) is 5.02 Å². The number of carbonyl (C=O) groups is 2. The minimum atomic E-state index is -0.660. The van der Waals surface area contributed by atoms with Gasteiger partial charge in [0.15, 0.2) is 0 Å². The molecule has 2 aromatic rings. The highest BCUT2D eigenvalue weighted by atomic mass is 35.5. The average molecular weight is 444 g/mol. The van der Waals surface area contributed by atoms with Crippen molar-refractivity contribution in [1.82, 2.24) is 14.7 Å². The van der Waals surface area contributed by atoms with E-state index in [1.165, 1.54) is 0 Å². The van der Waals surface area contributed by atoms with Gasteiger partial charge in [0.1, 0.15) is 22.8 Å². The van der Waals surface area contributed by atoms with E-state index in [1.807, 2.05) is 6.92 Å². The number of hydrogen-bond donors (Lipinski definition) is 2. The zero-order valence-electron chi connectivity index (χ0n) is 17.7. The summed E-state index contributed by atoms with van der Waals surface area (Å²) in [6.45, 7) is 5.27. The molecule has 0 bridgehead atoms. The van der Waals surface area contributed by atoms with Crippen molar-refractivity contribution in [2.75, 3.05) is 25.4 Å². The number of anilines is 1. The number of rotatable bonds is 6. The second kappa shape index (κ2) is 9.75. The Morgan fingerprint density at radius 1 is 1.32 bits per heavy atom. The maximum Gasteiger partial charge on any atom is 0.298 e. The van der Waals surface area contributed by atoms with Crippen molar-refractivity contribution in [3.8, 4) is 28.8 Å². The topological polar surface area (TPSA) is 116 Å². The van der Waals surface area contributed by atoms with Crippen LogP contribution in [0.4, 0.5) is 5.82 Å². The molecule has 1 aromatic heterocycles. The molecule has 164 valence electrons. The number of primary amides is 1. The SMILES string of the molecule is CC#CC(=O)N1CCC(n2nc(-c3ccc(OCCC)c(Cl)c3)c(C(N)=O)c2N)CC1. The van der Waals surface area contributed by atoms with Crippen molar-refractivity contribution in [3.63, 3.8) is 0 Å². The lowest BCUT2D eigenvalue weighted by Gasteiger charge is -2.31. The number of carbonyl (C=O) groups excluding carboxylic acids is 2. The van der Waals surface area contributed by atoms with Gasteiger partial charge < -0.3 is 21.1 Å². The van der Waals surface area contributed by atoms with Gasteiger partial charge in [-0.15, -0.1) is 0 Å². The van der Waals surface area contributed by atoms with Crippen LogP contribution in [0.15, 0.2) is 18.2 Å². The number of nitrogens with zero attached hydrogens (tertiary/aromatic N) is 3. The van der Waals surface area contributed by atoms with Crippen molar-refractivity contribution < 1.29 is 14.3 Å². The lowest BCUT2D eigenvalue weighted by molar-refractivity contribution is -0.126. The fourth-order valence-electron chi connectivity index (χ4n) is 3.65. The van der Waals surface area contributed by atoms with E-state index >= 15 is 0 Å². The molecule has 31 heavy (non-hydrogen) atoms. The maximum absolute atomic E-state index is 12.2. The number of benzene rings is 1. The van der Waals surface area contributed by atoms with Crippen LogP contribution >= 0.6 is 11.6 Å². The van der Waals surface area contributed by atoms with Gasteiger partial charge in [-0.25, -0.2) is 4.68 Å². The smallest absolute Gasteiger partial charge is 0.298 e. The fourth-order valence-corrected chi connectivity index (χ4v) is 3.88. The second-order valence-corrected chi connectivity index (χ2v) is 7.72. The summed E-state index contributed by atoms with van der Waals surface area (Å²) in [6.07, 6.45) is 2.15. The Morgan fingerprint density at radius 2 is 2.03 bits per heavy atom. The number of likely N-dealkylation sites (tertiary alicyclic amines) is 1. The first-order valence-corrected chi connectivity index (χ1v) is 10.6. The first kappa shape index (κ1) is 22.5. The van der Waals surface area contributed by atoms with Gasteiger partial charge in [-0.05, 0) is 50.3 Å². The van der Waals surface area contributed by atoms with E-state index in [-0.39, 0.29) is 23.3 Å². The molecule has 2 amide bonds. The van der Waals surface area contributed by atoms with Gasteiger partial charge in [0.05, 0.1) is 17.7 Å². The third-order valence-electron chi connectivity index (χ3n) is 5.19. The van der Waals surface area contributed by atoms with Crippen molar-refractivity contribution >= 4 is 29.2 Å². The van der Waals surface area contributed by atoms with E-state index in [1.54, 1.807) is 34.7 Å². The molecule has 0 radical (unpaired) electrons. The van der Waals surface area contributed by atoms with Crippen LogP contribution in [0.3, 0.4) is 0 Å². The van der Waals surface area contributed by atoms with Crippen LogP contribution in [0.5, 0.6) is 5.75 Å². The van der Waals surface area contributed by atoms with Crippen LogP contribution in [-0.4, -0.2) is 46.2 Å². The molecule has 1 aliphatic heterocycles. The standard InChI is InChI=1S/C22H26ClN5O3/c1-3-5-18(29)27-10-8-15(9-11-27)28-21(24)19(22(25)30)20(26-28)14-6-7-17(16(23)13-14)31-12-4-2/h6-7,13,15H,4,8-12,24H2,1-2H3,(H2,25,30). The first-order valence-electron chi connectivity index (χ1n) is 10.2. The summed E-state index contributed by atoms with van der Waals surface area (Å²) in [5, 5.41) is 5.04. The Kier molecular flexibility index (Phi) is 7.08. The number of nitrogen functional groups attached to an aromatic ring is 1. The van der Waals surface area contributed by atoms with Crippen molar-refractivity contribution in [1.29, 1.82) is 0 Å². The van der Waals surface area contributed by atoms with Crippen molar-refractivity contribution in [2.45, 2.75) is 39.2 Å². The van der Waals surface area contributed by atoms with Gasteiger partial charge in [-0.1, -0.05) is 24.4 Å². The third kappa shape index (κ3) is 4.78. The number of piperidine rings is 1. The van der Waals surface area contributed by atoms with Crippen LogP contribution in [0, 0.1) is 11.8 Å². The van der Waals surface area contributed by atoms with Gasteiger partial charge >= 0.3 is 0 Å². The molecule has 3 rings (SSSR count). The van der Waals surface area contributed by atoms with Crippen molar-refractivity contribution in [3.05, 3.63) is 28.8 Å². The van der Waals surface area contributed by atoms with E-state index in [0.717, 1.165) is 6.42 Å². The highest BCUT2D eigenvalue weighted by molar-refractivity contribution is 6.32. The Morgan fingerprint density at radius 3 is 2.61 bits per heavy atom. The molecule has 1 fully saturated rings. The molecule has 1 saturated heterocycles. The van der Waals surface area contributed by atoms with Gasteiger partial charge in [-0.3, -0.25) is 9.59 Å². The summed E-state index contributed by atoms with van der Waals surface area (Å²) >= 11 is 6.36. The number of hydrogen-bond acceptors (Lipinski definition) is 5. The minimum Gasteiger partial charge on any atom is -0.492 e. The van der Waals surface area contributed by atoms with Crippen LogP contribution < -0.4 is 16.2 Å². The molecular weight excluding hydrogens is 418 g/mol. The van der Waals surface area contributed by atoms with E-state index in [2.05, 4.69) is 16.9 Å². The number of halogens is 1. The van der Waals surface area contributed by atoms with E-state index < -0.39 is 5.91 Å². The second-order valence-electron chi connectivity index (χ2n) is 7.31. The largest absolute Gasteiger partial charge is 0.492 e. The Hall–Kier alpha value is -3.18.